The number of rotatable bonds is 3. The molecule has 0 aliphatic rings. The predicted octanol–water partition coefficient (Wildman–Crippen LogP) is 2.42. The van der Waals surface area contributed by atoms with E-state index in [1.165, 1.54) is 31.5 Å². The lowest BCUT2D eigenvalue weighted by Gasteiger charge is -2.09. The zero-order chi connectivity index (χ0) is 17.5. The van der Waals surface area contributed by atoms with E-state index < -0.39 is 16.0 Å². The normalized spacial score (nSPS) is 11.6. The van der Waals surface area contributed by atoms with Gasteiger partial charge in [0.25, 0.3) is 10.0 Å². The van der Waals surface area contributed by atoms with Crippen molar-refractivity contribution >= 4 is 38.6 Å². The van der Waals surface area contributed by atoms with Crippen molar-refractivity contribution in [3.8, 4) is 0 Å². The first-order valence-corrected chi connectivity index (χ1v) is 8.61. The van der Waals surface area contributed by atoms with Crippen LogP contribution in [-0.2, 0) is 14.8 Å². The number of halogens is 1. The lowest BCUT2D eigenvalue weighted by atomic mass is 10.2. The van der Waals surface area contributed by atoms with Gasteiger partial charge in [-0.2, -0.15) is 0 Å². The Hall–Kier alpha value is -2.45. The number of hydrogen-bond donors (Lipinski definition) is 0. The Kier molecular flexibility index (Phi) is 4.02. The summed E-state index contributed by atoms with van der Waals surface area (Å²) in [5.41, 5.74) is 0.961. The zero-order valence-corrected chi connectivity index (χ0v) is 14.3. The van der Waals surface area contributed by atoms with Crippen molar-refractivity contribution < 1.29 is 17.9 Å². The maximum absolute atomic E-state index is 12.9. The van der Waals surface area contributed by atoms with Gasteiger partial charge in [-0.15, -0.1) is 0 Å². The molecule has 9 heteroatoms. The molecular formula is C15H12ClN3O4S. The highest BCUT2D eigenvalue weighted by Crippen LogP contribution is 2.25. The van der Waals surface area contributed by atoms with E-state index in [1.807, 2.05) is 6.92 Å². The summed E-state index contributed by atoms with van der Waals surface area (Å²) in [6, 6.07) is 7.80. The second-order valence-corrected chi connectivity index (χ2v) is 7.15. The first-order valence-electron chi connectivity index (χ1n) is 6.80. The van der Waals surface area contributed by atoms with Crippen LogP contribution in [0.2, 0.25) is 5.28 Å². The summed E-state index contributed by atoms with van der Waals surface area (Å²) in [6.07, 6.45) is 1.30. The third-order valence-electron chi connectivity index (χ3n) is 3.43. The number of carbonyl (C=O) groups is 1. The highest BCUT2D eigenvalue weighted by Gasteiger charge is 2.25. The van der Waals surface area contributed by atoms with E-state index in [9.17, 15) is 13.2 Å². The minimum absolute atomic E-state index is 0.0202. The molecule has 7 nitrogen and oxygen atoms in total. The molecule has 124 valence electrons. The smallest absolute Gasteiger partial charge is 0.359 e. The van der Waals surface area contributed by atoms with Crippen LogP contribution in [0, 0.1) is 6.92 Å². The Labute approximate surface area is 142 Å². The van der Waals surface area contributed by atoms with Crippen LogP contribution in [-0.4, -0.2) is 35.4 Å². The molecule has 1 aromatic carbocycles. The first kappa shape index (κ1) is 16.4. The average molecular weight is 366 g/mol. The van der Waals surface area contributed by atoms with E-state index in [0.717, 1.165) is 9.54 Å². The van der Waals surface area contributed by atoms with Crippen molar-refractivity contribution in [2.24, 2.45) is 0 Å². The van der Waals surface area contributed by atoms with Gasteiger partial charge in [-0.3, -0.25) is 0 Å². The van der Waals surface area contributed by atoms with Crippen LogP contribution in [0.1, 0.15) is 16.1 Å². The van der Waals surface area contributed by atoms with Crippen LogP contribution in [0.5, 0.6) is 0 Å². The minimum atomic E-state index is -3.93. The van der Waals surface area contributed by atoms with Gasteiger partial charge >= 0.3 is 5.97 Å². The minimum Gasteiger partial charge on any atom is -0.464 e. The van der Waals surface area contributed by atoms with Crippen molar-refractivity contribution in [2.75, 3.05) is 7.11 Å². The summed E-state index contributed by atoms with van der Waals surface area (Å²) in [5.74, 6) is -0.802. The molecule has 3 rings (SSSR count). The van der Waals surface area contributed by atoms with Gasteiger partial charge in [0, 0.05) is 6.20 Å². The lowest BCUT2D eigenvalue weighted by Crippen LogP contribution is -2.15. The Balaban J connectivity index is 2.31. The summed E-state index contributed by atoms with van der Waals surface area (Å²) in [4.78, 5) is 19.8. The fourth-order valence-corrected chi connectivity index (χ4v) is 3.78. The number of fused-ring (bicyclic) bond motifs is 1. The van der Waals surface area contributed by atoms with E-state index in [0.29, 0.717) is 0 Å². The number of aryl methyl sites for hydroxylation is 1. The predicted molar refractivity (Wildman–Crippen MR) is 87.6 cm³/mol. The van der Waals surface area contributed by atoms with Gasteiger partial charge in [0.15, 0.2) is 5.69 Å². The maximum atomic E-state index is 12.9. The number of esters is 1. The van der Waals surface area contributed by atoms with Crippen LogP contribution in [0.15, 0.2) is 41.4 Å². The molecule has 2 heterocycles. The Morgan fingerprint density at radius 2 is 1.83 bits per heavy atom. The van der Waals surface area contributed by atoms with Crippen LogP contribution in [0.3, 0.4) is 0 Å². The van der Waals surface area contributed by atoms with Crippen LogP contribution in [0.25, 0.3) is 11.0 Å². The number of carbonyl (C=O) groups excluding carboxylic acids is 1. The molecule has 0 saturated heterocycles. The number of benzene rings is 1. The van der Waals surface area contributed by atoms with E-state index in [-0.39, 0.29) is 26.9 Å². The van der Waals surface area contributed by atoms with E-state index >= 15 is 0 Å². The molecule has 0 saturated carbocycles. The summed E-state index contributed by atoms with van der Waals surface area (Å²) in [7, 11) is -2.76. The quantitative estimate of drug-likeness (QED) is 0.523. The number of hydrogen-bond acceptors (Lipinski definition) is 6. The lowest BCUT2D eigenvalue weighted by molar-refractivity contribution is 0.0596. The molecule has 0 fully saturated rings. The van der Waals surface area contributed by atoms with Gasteiger partial charge in [-0.1, -0.05) is 17.7 Å². The molecule has 3 aromatic rings. The molecule has 0 aliphatic heterocycles. The first-order chi connectivity index (χ1) is 11.3. The van der Waals surface area contributed by atoms with Crippen LogP contribution < -0.4 is 0 Å². The zero-order valence-electron chi connectivity index (χ0n) is 12.7. The van der Waals surface area contributed by atoms with Gasteiger partial charge in [0.1, 0.15) is 5.52 Å². The molecule has 2 aromatic heterocycles. The van der Waals surface area contributed by atoms with Gasteiger partial charge in [-0.25, -0.2) is 27.2 Å². The second kappa shape index (κ2) is 5.88. The number of methoxy groups -OCH3 is 1. The van der Waals surface area contributed by atoms with Crippen LogP contribution in [0.4, 0.5) is 0 Å². The van der Waals surface area contributed by atoms with Crippen molar-refractivity contribution in [3.05, 3.63) is 53.1 Å². The summed E-state index contributed by atoms with van der Waals surface area (Å²) in [5, 5.41) is -0.173. The molecule has 0 amide bonds. The third kappa shape index (κ3) is 2.63. The maximum Gasteiger partial charge on any atom is 0.359 e. The summed E-state index contributed by atoms with van der Waals surface area (Å²) < 4.78 is 31.4. The molecule has 0 aliphatic carbocycles. The summed E-state index contributed by atoms with van der Waals surface area (Å²) >= 11 is 5.79. The van der Waals surface area contributed by atoms with E-state index in [1.54, 1.807) is 12.1 Å². The van der Waals surface area contributed by atoms with E-state index in [2.05, 4.69) is 14.7 Å². The molecule has 0 bridgehead atoms. The Bertz CT molecular complexity index is 1040. The number of aromatic nitrogens is 3. The van der Waals surface area contributed by atoms with Crippen molar-refractivity contribution in [1.82, 2.24) is 13.9 Å². The molecule has 0 unspecified atom stereocenters. The molecule has 0 spiro atoms. The fourth-order valence-electron chi connectivity index (χ4n) is 2.25. The van der Waals surface area contributed by atoms with Crippen molar-refractivity contribution in [2.45, 2.75) is 11.8 Å². The Morgan fingerprint density at radius 1 is 1.17 bits per heavy atom. The molecular weight excluding hydrogens is 354 g/mol. The summed E-state index contributed by atoms with van der Waals surface area (Å²) in [6.45, 7) is 1.85. The highest BCUT2D eigenvalue weighted by molar-refractivity contribution is 7.90. The molecule has 0 radical (unpaired) electrons. The Morgan fingerprint density at radius 3 is 2.46 bits per heavy atom. The van der Waals surface area contributed by atoms with E-state index in [4.69, 9.17) is 11.6 Å². The SMILES string of the molecule is COC(=O)c1nc(Cl)nc2ccn(S(=O)(=O)c3ccc(C)cc3)c12. The van der Waals surface area contributed by atoms with Crippen molar-refractivity contribution in [3.63, 3.8) is 0 Å². The van der Waals surface area contributed by atoms with Crippen LogP contribution >= 0.6 is 11.6 Å². The molecule has 0 N–H and O–H groups in total. The number of ether oxygens (including phenoxy) is 1. The average Bonchev–Trinajstić information content (AvgIpc) is 2.98. The molecule has 24 heavy (non-hydrogen) atoms. The van der Waals surface area contributed by atoms with Gasteiger partial charge < -0.3 is 4.74 Å². The third-order valence-corrected chi connectivity index (χ3v) is 5.29. The van der Waals surface area contributed by atoms with Crippen molar-refractivity contribution in [1.29, 1.82) is 0 Å². The largest absolute Gasteiger partial charge is 0.464 e. The molecule has 0 atom stereocenters. The van der Waals surface area contributed by atoms with Gasteiger partial charge in [0.2, 0.25) is 5.28 Å². The number of nitrogens with zero attached hydrogens (tertiary/aromatic N) is 3. The van der Waals surface area contributed by atoms with Gasteiger partial charge in [-0.05, 0) is 36.7 Å². The second-order valence-electron chi connectivity index (χ2n) is 5.00. The fraction of sp³-hybridized carbons (Fsp3) is 0.133. The van der Waals surface area contributed by atoms with Gasteiger partial charge in [0.05, 0.1) is 17.5 Å². The standard InChI is InChI=1S/C15H12ClN3O4S/c1-9-3-5-10(6-4-9)24(21,22)19-8-7-11-13(19)12(14(20)23-2)18-15(16)17-11/h3-8H,1-2H3. The topological polar surface area (TPSA) is 91.2 Å². The monoisotopic (exact) mass is 365 g/mol. The highest BCUT2D eigenvalue weighted by atomic mass is 35.5.